The van der Waals surface area contributed by atoms with Crippen LogP contribution in [0, 0.1) is 5.82 Å². The van der Waals surface area contributed by atoms with Gasteiger partial charge in [-0.3, -0.25) is 4.79 Å². The van der Waals surface area contributed by atoms with Crippen LogP contribution >= 0.6 is 0 Å². The minimum Gasteiger partial charge on any atom is -0.493 e. The maximum absolute atomic E-state index is 13.9. The monoisotopic (exact) mass is 407 g/mol. The van der Waals surface area contributed by atoms with E-state index in [1.807, 2.05) is 6.07 Å². The third-order valence-corrected chi connectivity index (χ3v) is 4.55. The molecule has 0 atom stereocenters. The predicted octanol–water partition coefficient (Wildman–Crippen LogP) is 3.40. The SMILES string of the molecule is COc1ccc(Nc2nc(-c3ccc(F)c(C(N)=O)c3)cn3ccnc23)cc1OC. The second-order valence-electron chi connectivity index (χ2n) is 6.39. The van der Waals surface area contributed by atoms with Gasteiger partial charge < -0.3 is 24.9 Å². The molecule has 0 unspecified atom stereocenters. The fraction of sp³-hybridized carbons (Fsp3) is 0.0952. The molecule has 0 saturated heterocycles. The van der Waals surface area contributed by atoms with E-state index < -0.39 is 11.7 Å². The van der Waals surface area contributed by atoms with E-state index in [2.05, 4.69) is 15.3 Å². The summed E-state index contributed by atoms with van der Waals surface area (Å²) < 4.78 is 26.2. The average molecular weight is 407 g/mol. The van der Waals surface area contributed by atoms with Crippen molar-refractivity contribution in [2.24, 2.45) is 5.73 Å². The van der Waals surface area contributed by atoms with Gasteiger partial charge in [0.05, 0.1) is 25.5 Å². The molecule has 30 heavy (non-hydrogen) atoms. The quantitative estimate of drug-likeness (QED) is 0.508. The van der Waals surface area contributed by atoms with E-state index in [1.165, 1.54) is 18.2 Å². The topological polar surface area (TPSA) is 104 Å². The van der Waals surface area contributed by atoms with Crippen LogP contribution in [0.3, 0.4) is 0 Å². The number of imidazole rings is 1. The van der Waals surface area contributed by atoms with Gasteiger partial charge in [0.1, 0.15) is 5.82 Å². The highest BCUT2D eigenvalue weighted by Crippen LogP contribution is 2.32. The van der Waals surface area contributed by atoms with E-state index in [0.29, 0.717) is 39.9 Å². The summed E-state index contributed by atoms with van der Waals surface area (Å²) in [6.07, 6.45) is 5.14. The molecule has 0 aliphatic heterocycles. The molecule has 1 amide bonds. The van der Waals surface area contributed by atoms with E-state index in [4.69, 9.17) is 15.2 Å². The zero-order valence-corrected chi connectivity index (χ0v) is 16.2. The van der Waals surface area contributed by atoms with Crippen LogP contribution in [0.2, 0.25) is 0 Å². The lowest BCUT2D eigenvalue weighted by molar-refractivity contribution is 0.0996. The number of carbonyl (C=O) groups is 1. The summed E-state index contributed by atoms with van der Waals surface area (Å²) in [5.74, 6) is 0.0960. The number of amides is 1. The number of fused-ring (bicyclic) bond motifs is 1. The summed E-state index contributed by atoms with van der Waals surface area (Å²) >= 11 is 0. The lowest BCUT2D eigenvalue weighted by Crippen LogP contribution is -2.13. The number of nitrogens with zero attached hydrogens (tertiary/aromatic N) is 3. The number of hydrogen-bond donors (Lipinski definition) is 2. The highest BCUT2D eigenvalue weighted by molar-refractivity contribution is 5.94. The van der Waals surface area contributed by atoms with Crippen molar-refractivity contribution in [3.63, 3.8) is 0 Å². The first kappa shape index (κ1) is 19.2. The summed E-state index contributed by atoms with van der Waals surface area (Å²) in [5, 5.41) is 3.22. The molecule has 152 valence electrons. The zero-order chi connectivity index (χ0) is 21.3. The summed E-state index contributed by atoms with van der Waals surface area (Å²) in [6.45, 7) is 0. The third kappa shape index (κ3) is 3.48. The number of halogens is 1. The average Bonchev–Trinajstić information content (AvgIpc) is 3.22. The van der Waals surface area contributed by atoms with Gasteiger partial charge >= 0.3 is 0 Å². The third-order valence-electron chi connectivity index (χ3n) is 4.55. The normalized spacial score (nSPS) is 10.8. The highest BCUT2D eigenvalue weighted by atomic mass is 19.1. The Morgan fingerprint density at radius 2 is 1.93 bits per heavy atom. The van der Waals surface area contributed by atoms with Crippen molar-refractivity contribution in [1.29, 1.82) is 0 Å². The molecule has 2 heterocycles. The number of methoxy groups -OCH3 is 2. The van der Waals surface area contributed by atoms with E-state index in [-0.39, 0.29) is 5.56 Å². The molecule has 0 aliphatic rings. The van der Waals surface area contributed by atoms with Crippen LogP contribution in [-0.2, 0) is 0 Å². The Bertz CT molecular complexity index is 1250. The molecule has 3 N–H and O–H groups in total. The van der Waals surface area contributed by atoms with Crippen LogP contribution in [0.25, 0.3) is 16.9 Å². The minimum absolute atomic E-state index is 0.200. The maximum atomic E-state index is 13.9. The molecule has 0 fully saturated rings. The minimum atomic E-state index is -0.846. The van der Waals surface area contributed by atoms with Crippen LogP contribution in [0.1, 0.15) is 10.4 Å². The molecule has 0 spiro atoms. The number of aromatic nitrogens is 3. The lowest BCUT2D eigenvalue weighted by Gasteiger charge is -2.13. The molecule has 0 aliphatic carbocycles. The van der Waals surface area contributed by atoms with Crippen LogP contribution in [0.5, 0.6) is 11.5 Å². The predicted molar refractivity (Wildman–Crippen MR) is 110 cm³/mol. The second-order valence-corrected chi connectivity index (χ2v) is 6.39. The van der Waals surface area contributed by atoms with Gasteiger partial charge in [-0.2, -0.15) is 0 Å². The van der Waals surface area contributed by atoms with Crippen LogP contribution in [0.15, 0.2) is 55.0 Å². The van der Waals surface area contributed by atoms with Crippen molar-refractivity contribution < 1.29 is 18.7 Å². The Kier molecular flexibility index (Phi) is 4.93. The van der Waals surface area contributed by atoms with Gasteiger partial charge in [-0.15, -0.1) is 0 Å². The molecule has 4 aromatic rings. The zero-order valence-electron chi connectivity index (χ0n) is 16.2. The van der Waals surface area contributed by atoms with Crippen LogP contribution in [-0.4, -0.2) is 34.5 Å². The molecule has 2 aromatic carbocycles. The molecular formula is C21H18FN5O3. The molecule has 0 radical (unpaired) electrons. The summed E-state index contributed by atoms with van der Waals surface area (Å²) in [7, 11) is 3.12. The maximum Gasteiger partial charge on any atom is 0.251 e. The summed E-state index contributed by atoms with van der Waals surface area (Å²) in [6, 6.07) is 9.47. The highest BCUT2D eigenvalue weighted by Gasteiger charge is 2.14. The molecular weight excluding hydrogens is 389 g/mol. The van der Waals surface area contributed by atoms with Gasteiger partial charge in [-0.25, -0.2) is 14.4 Å². The molecule has 2 aromatic heterocycles. The van der Waals surface area contributed by atoms with E-state index in [1.54, 1.807) is 49.3 Å². The number of anilines is 2. The fourth-order valence-electron chi connectivity index (χ4n) is 3.08. The van der Waals surface area contributed by atoms with Crippen molar-refractivity contribution in [2.75, 3.05) is 19.5 Å². The van der Waals surface area contributed by atoms with Crippen molar-refractivity contribution in [2.45, 2.75) is 0 Å². The first-order chi connectivity index (χ1) is 14.5. The second kappa shape index (κ2) is 7.70. The number of rotatable bonds is 6. The van der Waals surface area contributed by atoms with Crippen LogP contribution < -0.4 is 20.5 Å². The van der Waals surface area contributed by atoms with Gasteiger partial charge in [-0.05, 0) is 30.3 Å². The van der Waals surface area contributed by atoms with Crippen molar-refractivity contribution in [3.8, 4) is 22.8 Å². The van der Waals surface area contributed by atoms with Crippen molar-refractivity contribution in [3.05, 3.63) is 66.4 Å². The van der Waals surface area contributed by atoms with Crippen molar-refractivity contribution in [1.82, 2.24) is 14.4 Å². The number of nitrogens with one attached hydrogen (secondary N) is 1. The van der Waals surface area contributed by atoms with Gasteiger partial charge in [0.2, 0.25) is 0 Å². The summed E-state index contributed by atoms with van der Waals surface area (Å²) in [5.41, 5.74) is 7.41. The largest absolute Gasteiger partial charge is 0.493 e. The van der Waals surface area contributed by atoms with Gasteiger partial charge in [-0.1, -0.05) is 0 Å². The lowest BCUT2D eigenvalue weighted by atomic mass is 10.1. The van der Waals surface area contributed by atoms with Gasteiger partial charge in [0.25, 0.3) is 5.91 Å². The Labute approximate surface area is 171 Å². The Morgan fingerprint density at radius 3 is 2.67 bits per heavy atom. The molecule has 0 saturated carbocycles. The number of nitrogens with two attached hydrogens (primary N) is 1. The van der Waals surface area contributed by atoms with E-state index >= 15 is 0 Å². The fourth-order valence-corrected chi connectivity index (χ4v) is 3.08. The number of ether oxygens (including phenoxy) is 2. The van der Waals surface area contributed by atoms with Crippen LogP contribution in [0.4, 0.5) is 15.9 Å². The molecule has 9 heteroatoms. The smallest absolute Gasteiger partial charge is 0.251 e. The first-order valence-corrected chi connectivity index (χ1v) is 8.92. The van der Waals surface area contributed by atoms with Gasteiger partial charge in [0, 0.05) is 35.9 Å². The Hall–Kier alpha value is -4.14. The Balaban J connectivity index is 1.79. The summed E-state index contributed by atoms with van der Waals surface area (Å²) in [4.78, 5) is 20.5. The Morgan fingerprint density at radius 1 is 1.13 bits per heavy atom. The number of primary amides is 1. The molecule has 4 rings (SSSR count). The number of benzene rings is 2. The number of hydrogen-bond acceptors (Lipinski definition) is 6. The van der Waals surface area contributed by atoms with E-state index in [0.717, 1.165) is 0 Å². The van der Waals surface area contributed by atoms with Crippen molar-refractivity contribution >= 4 is 23.1 Å². The van der Waals surface area contributed by atoms with E-state index in [9.17, 15) is 9.18 Å². The number of carbonyl (C=O) groups excluding carboxylic acids is 1. The molecule has 8 nitrogen and oxygen atoms in total. The standard InChI is InChI=1S/C21H18FN5O3/c1-29-17-6-4-13(10-18(17)30-2)25-20-21-24-7-8-27(21)11-16(26-20)12-3-5-15(22)14(9-12)19(23)28/h3-11H,1-2H3,(H2,23,28)(H,25,26). The van der Waals surface area contributed by atoms with Gasteiger partial charge in [0.15, 0.2) is 23.0 Å². The first-order valence-electron chi connectivity index (χ1n) is 8.92. The molecule has 0 bridgehead atoms.